The third-order valence-corrected chi connectivity index (χ3v) is 11.1. The van der Waals surface area contributed by atoms with Crippen molar-refractivity contribution in [2.24, 2.45) is 40.4 Å². The van der Waals surface area contributed by atoms with Gasteiger partial charge in [0, 0.05) is 22.3 Å². The normalized spacial score (nSPS) is 61.0. The Kier molecular flexibility index (Phi) is 3.05. The maximum Gasteiger partial charge on any atom is 0.139 e. The highest BCUT2D eigenvalue weighted by Gasteiger charge is 2.64. The Bertz CT molecular complexity index is 552. The van der Waals surface area contributed by atoms with Crippen LogP contribution >= 0.6 is 11.8 Å². The van der Waals surface area contributed by atoms with E-state index in [0.717, 1.165) is 30.1 Å². The molecule has 0 radical (unpaired) electrons. The molecule has 1 aliphatic heterocycles. The Morgan fingerprint density at radius 3 is 2.57 bits per heavy atom. The zero-order chi connectivity index (χ0) is 16.0. The molecular weight excluding hydrogens is 300 g/mol. The standard InChI is InChI=1S/C21H32OS/c1-13-10-20(3)14(11-21(13)12-23-21)4-5-15-16-6-7-18(22)19(16,2)9-8-17(15)20/h13-17H,4-12H2,1-3H3/t13-,14?,15?,16?,17?,19+,20+,21+/m1/s1. The molecule has 1 spiro atoms. The van der Waals surface area contributed by atoms with Gasteiger partial charge in [0.1, 0.15) is 5.78 Å². The largest absolute Gasteiger partial charge is 0.299 e. The second-order valence-electron chi connectivity index (χ2n) is 10.2. The lowest BCUT2D eigenvalue weighted by Gasteiger charge is -2.61. The number of thioether (sulfide) groups is 1. The fourth-order valence-corrected chi connectivity index (χ4v) is 9.19. The van der Waals surface area contributed by atoms with E-state index in [1.165, 1.54) is 50.7 Å². The highest BCUT2D eigenvalue weighted by molar-refractivity contribution is 8.07. The fourth-order valence-electron chi connectivity index (χ4n) is 7.92. The first-order valence-electron chi connectivity index (χ1n) is 10.1. The van der Waals surface area contributed by atoms with E-state index < -0.39 is 0 Å². The summed E-state index contributed by atoms with van der Waals surface area (Å²) in [6.07, 6.45) is 10.4. The van der Waals surface area contributed by atoms with Crippen molar-refractivity contribution in [3.8, 4) is 0 Å². The number of rotatable bonds is 0. The second kappa shape index (κ2) is 4.59. The molecule has 4 aliphatic carbocycles. The molecule has 23 heavy (non-hydrogen) atoms. The quantitative estimate of drug-likeness (QED) is 0.558. The molecule has 4 saturated carbocycles. The minimum atomic E-state index is 0.0538. The molecule has 8 atom stereocenters. The minimum Gasteiger partial charge on any atom is -0.299 e. The van der Waals surface area contributed by atoms with Crippen molar-refractivity contribution in [3.63, 3.8) is 0 Å². The summed E-state index contributed by atoms with van der Waals surface area (Å²) in [5.74, 6) is 6.39. The van der Waals surface area contributed by atoms with Crippen molar-refractivity contribution in [2.75, 3.05) is 5.75 Å². The monoisotopic (exact) mass is 332 g/mol. The van der Waals surface area contributed by atoms with Crippen molar-refractivity contribution >= 4 is 17.5 Å². The van der Waals surface area contributed by atoms with Crippen LogP contribution in [-0.4, -0.2) is 16.3 Å². The van der Waals surface area contributed by atoms with Crippen LogP contribution in [0.3, 0.4) is 0 Å². The number of hydrogen-bond donors (Lipinski definition) is 0. The van der Waals surface area contributed by atoms with Gasteiger partial charge in [0.05, 0.1) is 0 Å². The van der Waals surface area contributed by atoms with Crippen molar-refractivity contribution < 1.29 is 4.79 Å². The van der Waals surface area contributed by atoms with Gasteiger partial charge in [-0.1, -0.05) is 20.8 Å². The predicted octanol–water partition coefficient (Wildman–Crippen LogP) is 5.33. The van der Waals surface area contributed by atoms with Gasteiger partial charge in [-0.25, -0.2) is 0 Å². The molecule has 0 amide bonds. The van der Waals surface area contributed by atoms with Crippen LogP contribution in [0.25, 0.3) is 0 Å². The number of carbonyl (C=O) groups is 1. The molecule has 0 aromatic heterocycles. The number of hydrogen-bond acceptors (Lipinski definition) is 2. The molecule has 5 rings (SSSR count). The lowest BCUT2D eigenvalue weighted by molar-refractivity contribution is -0.141. The van der Waals surface area contributed by atoms with Crippen LogP contribution in [-0.2, 0) is 4.79 Å². The van der Waals surface area contributed by atoms with Crippen LogP contribution in [0.5, 0.6) is 0 Å². The summed E-state index contributed by atoms with van der Waals surface area (Å²) < 4.78 is 0.684. The zero-order valence-electron chi connectivity index (χ0n) is 15.1. The molecule has 1 heterocycles. The molecular formula is C21H32OS. The van der Waals surface area contributed by atoms with Gasteiger partial charge in [0.2, 0.25) is 0 Å². The summed E-state index contributed by atoms with van der Waals surface area (Å²) >= 11 is 2.25. The van der Waals surface area contributed by atoms with Gasteiger partial charge >= 0.3 is 0 Å². The Morgan fingerprint density at radius 2 is 1.83 bits per heavy atom. The molecule has 5 aliphatic rings. The molecule has 5 fully saturated rings. The SMILES string of the molecule is C[C@@H]1C[C@@]2(C)C(CCC3C2CC[C@]2(C)C(=O)CCC32)C[C@]12CS2. The molecule has 2 heteroatoms. The van der Waals surface area contributed by atoms with E-state index in [9.17, 15) is 4.79 Å². The molecule has 1 nitrogen and oxygen atoms in total. The van der Waals surface area contributed by atoms with Crippen LogP contribution in [0, 0.1) is 40.4 Å². The first-order valence-corrected chi connectivity index (χ1v) is 11.0. The van der Waals surface area contributed by atoms with Gasteiger partial charge in [-0.15, -0.1) is 0 Å². The molecule has 0 aromatic carbocycles. The van der Waals surface area contributed by atoms with Crippen molar-refractivity contribution in [2.45, 2.75) is 76.9 Å². The molecule has 4 unspecified atom stereocenters. The van der Waals surface area contributed by atoms with E-state index >= 15 is 0 Å². The smallest absolute Gasteiger partial charge is 0.139 e. The minimum absolute atomic E-state index is 0.0538. The molecule has 0 bridgehead atoms. The second-order valence-corrected chi connectivity index (χ2v) is 11.6. The summed E-state index contributed by atoms with van der Waals surface area (Å²) in [4.78, 5) is 12.5. The molecule has 1 saturated heterocycles. The average molecular weight is 333 g/mol. The highest BCUT2D eigenvalue weighted by atomic mass is 32.2. The van der Waals surface area contributed by atoms with E-state index in [0.29, 0.717) is 21.9 Å². The van der Waals surface area contributed by atoms with Crippen molar-refractivity contribution in [1.29, 1.82) is 0 Å². The predicted molar refractivity (Wildman–Crippen MR) is 96.5 cm³/mol. The Labute approximate surface area is 145 Å². The van der Waals surface area contributed by atoms with Gasteiger partial charge in [0.15, 0.2) is 0 Å². The lowest BCUT2D eigenvalue weighted by Crippen LogP contribution is -2.55. The third-order valence-electron chi connectivity index (χ3n) is 9.53. The topological polar surface area (TPSA) is 17.1 Å². The van der Waals surface area contributed by atoms with E-state index in [2.05, 4.69) is 32.5 Å². The summed E-state index contributed by atoms with van der Waals surface area (Å²) in [5, 5.41) is 0. The van der Waals surface area contributed by atoms with Gasteiger partial charge in [-0.2, -0.15) is 11.8 Å². The van der Waals surface area contributed by atoms with Crippen molar-refractivity contribution in [1.82, 2.24) is 0 Å². The number of ketones is 1. The van der Waals surface area contributed by atoms with Gasteiger partial charge in [0.25, 0.3) is 0 Å². The van der Waals surface area contributed by atoms with E-state index in [1.807, 2.05) is 0 Å². The summed E-state index contributed by atoms with van der Waals surface area (Å²) in [5.41, 5.74) is 0.627. The first-order chi connectivity index (χ1) is 10.9. The summed E-state index contributed by atoms with van der Waals surface area (Å²) in [6.45, 7) is 7.51. The lowest BCUT2D eigenvalue weighted by atomic mass is 9.43. The highest BCUT2D eigenvalue weighted by Crippen LogP contribution is 2.70. The van der Waals surface area contributed by atoms with Crippen LogP contribution in [0.2, 0.25) is 0 Å². The zero-order valence-corrected chi connectivity index (χ0v) is 15.9. The van der Waals surface area contributed by atoms with Crippen LogP contribution in [0.4, 0.5) is 0 Å². The van der Waals surface area contributed by atoms with Crippen LogP contribution in [0.15, 0.2) is 0 Å². The molecule has 128 valence electrons. The Hall–Kier alpha value is 0.0200. The van der Waals surface area contributed by atoms with Crippen molar-refractivity contribution in [3.05, 3.63) is 0 Å². The van der Waals surface area contributed by atoms with Gasteiger partial charge in [-0.3, -0.25) is 4.79 Å². The van der Waals surface area contributed by atoms with E-state index in [4.69, 9.17) is 0 Å². The van der Waals surface area contributed by atoms with Gasteiger partial charge < -0.3 is 0 Å². The average Bonchev–Trinajstić information content (AvgIpc) is 3.22. The number of fused-ring (bicyclic) bond motifs is 5. The first kappa shape index (κ1) is 15.3. The number of carbonyl (C=O) groups excluding carboxylic acids is 1. The molecule has 0 aromatic rings. The van der Waals surface area contributed by atoms with E-state index in [-0.39, 0.29) is 5.41 Å². The maximum atomic E-state index is 12.5. The maximum absolute atomic E-state index is 12.5. The third kappa shape index (κ3) is 1.85. The summed E-state index contributed by atoms with van der Waals surface area (Å²) in [6, 6.07) is 0. The van der Waals surface area contributed by atoms with Crippen LogP contribution < -0.4 is 0 Å². The Balaban J connectivity index is 1.47. The molecule has 0 N–H and O–H groups in total. The van der Waals surface area contributed by atoms with Gasteiger partial charge in [-0.05, 0) is 80.0 Å². The van der Waals surface area contributed by atoms with Crippen LogP contribution in [0.1, 0.15) is 72.1 Å². The Morgan fingerprint density at radius 1 is 1.04 bits per heavy atom. The fraction of sp³-hybridized carbons (Fsp3) is 0.952. The summed E-state index contributed by atoms with van der Waals surface area (Å²) in [7, 11) is 0. The van der Waals surface area contributed by atoms with E-state index in [1.54, 1.807) is 0 Å². The number of Topliss-reactive ketones (excluding diaryl/α,β-unsaturated/α-hetero) is 1.